The molecule has 258 valence electrons. The number of hydrogen-bond donors (Lipinski definition) is 3. The topological polar surface area (TPSA) is 140 Å². The maximum absolute atomic E-state index is 12.3. The lowest BCUT2D eigenvalue weighted by atomic mass is 10.0. The molecular weight excluding hydrogens is 564 g/mol. The molecule has 10 nitrogen and oxygen atoms in total. The minimum absolute atomic E-state index is 0.0364. The highest BCUT2D eigenvalue weighted by Crippen LogP contribution is 2.14. The van der Waals surface area contributed by atoms with E-state index in [-0.39, 0.29) is 38.6 Å². The molecule has 1 unspecified atom stereocenters. The van der Waals surface area contributed by atoms with Crippen LogP contribution in [0, 0.1) is 0 Å². The van der Waals surface area contributed by atoms with E-state index in [1.165, 1.54) is 89.9 Å². The summed E-state index contributed by atoms with van der Waals surface area (Å²) in [6, 6.07) is -1.07. The van der Waals surface area contributed by atoms with Crippen molar-refractivity contribution < 1.29 is 38.5 Å². The number of carboxylic acid groups (broad SMARTS) is 1. The minimum atomic E-state index is -1.07. The summed E-state index contributed by atoms with van der Waals surface area (Å²) in [5.41, 5.74) is -0.762. The fourth-order valence-electron chi connectivity index (χ4n) is 4.70. The molecule has 0 aromatic rings. The first kappa shape index (κ1) is 41.8. The normalized spacial score (nSPS) is 12.1. The zero-order valence-electron chi connectivity index (χ0n) is 28.4. The molecule has 0 saturated carbocycles. The molecule has 0 rings (SSSR count). The number of ether oxygens (including phenoxy) is 3. The standard InChI is InChI=1S/C34H64N2O8/c1-5-6-7-8-9-10-11-12-13-14-15-16-17-18-19-20-21-30(37)35-24-25-42-26-27-43-28-31(38)36-29(22-23-32(39)40)33(41)44-34(2,3)4/h29H,5-28H2,1-4H3,(H,35,37)(H,36,38)(H,39,40). The van der Waals surface area contributed by atoms with Gasteiger partial charge in [0.05, 0.1) is 19.8 Å². The molecule has 0 aromatic carbocycles. The van der Waals surface area contributed by atoms with Crippen molar-refractivity contribution in [3.05, 3.63) is 0 Å². The zero-order valence-corrected chi connectivity index (χ0v) is 28.4. The van der Waals surface area contributed by atoms with Gasteiger partial charge in [0.15, 0.2) is 0 Å². The SMILES string of the molecule is CCCCCCCCCCCCCCCCCCC(=O)NCCOCCOCC(=O)NC(CCC(=O)O)C(=O)OC(C)(C)C. The maximum atomic E-state index is 12.3. The van der Waals surface area contributed by atoms with Gasteiger partial charge in [0, 0.05) is 19.4 Å². The molecule has 0 radical (unpaired) electrons. The van der Waals surface area contributed by atoms with E-state index in [0.717, 1.165) is 12.8 Å². The lowest BCUT2D eigenvalue weighted by Gasteiger charge is -2.24. The number of aliphatic carboxylic acids is 1. The minimum Gasteiger partial charge on any atom is -0.481 e. The molecule has 10 heteroatoms. The maximum Gasteiger partial charge on any atom is 0.329 e. The lowest BCUT2D eigenvalue weighted by molar-refractivity contribution is -0.159. The molecule has 2 amide bonds. The van der Waals surface area contributed by atoms with Gasteiger partial charge in [-0.05, 0) is 33.6 Å². The quantitative estimate of drug-likeness (QED) is 0.0607. The van der Waals surface area contributed by atoms with Crippen LogP contribution >= 0.6 is 0 Å². The number of unbranched alkanes of at least 4 members (excludes halogenated alkanes) is 15. The average molecular weight is 629 g/mol. The molecule has 0 aliphatic rings. The third-order valence-electron chi connectivity index (χ3n) is 7.10. The van der Waals surface area contributed by atoms with Crippen molar-refractivity contribution in [2.75, 3.05) is 33.0 Å². The van der Waals surface area contributed by atoms with Crippen molar-refractivity contribution in [2.45, 2.75) is 161 Å². The van der Waals surface area contributed by atoms with E-state index in [0.29, 0.717) is 19.6 Å². The summed E-state index contributed by atoms with van der Waals surface area (Å²) in [7, 11) is 0. The Labute approximate surface area is 267 Å². The Morgan fingerprint density at radius 2 is 1.16 bits per heavy atom. The number of rotatable bonds is 30. The first-order valence-corrected chi connectivity index (χ1v) is 17.2. The van der Waals surface area contributed by atoms with Crippen LogP contribution in [-0.4, -0.2) is 73.5 Å². The first-order valence-electron chi connectivity index (χ1n) is 17.2. The Bertz CT molecular complexity index is 754. The first-order chi connectivity index (χ1) is 21.0. The molecule has 0 aliphatic heterocycles. The summed E-state index contributed by atoms with van der Waals surface area (Å²) < 4.78 is 16.0. The van der Waals surface area contributed by atoms with Gasteiger partial charge in [-0.15, -0.1) is 0 Å². The highest BCUT2D eigenvalue weighted by Gasteiger charge is 2.27. The van der Waals surface area contributed by atoms with Crippen molar-refractivity contribution >= 4 is 23.8 Å². The van der Waals surface area contributed by atoms with E-state index < -0.39 is 29.5 Å². The van der Waals surface area contributed by atoms with Crippen molar-refractivity contribution in [3.63, 3.8) is 0 Å². The van der Waals surface area contributed by atoms with Crippen molar-refractivity contribution in [2.24, 2.45) is 0 Å². The molecule has 1 atom stereocenters. The molecule has 3 N–H and O–H groups in total. The van der Waals surface area contributed by atoms with E-state index in [1.807, 2.05) is 0 Å². The van der Waals surface area contributed by atoms with E-state index in [1.54, 1.807) is 20.8 Å². The van der Waals surface area contributed by atoms with Gasteiger partial charge in [0.1, 0.15) is 18.2 Å². The molecule has 0 aromatic heterocycles. The van der Waals surface area contributed by atoms with Gasteiger partial charge in [-0.1, -0.05) is 103 Å². The van der Waals surface area contributed by atoms with Crippen LogP contribution in [0.2, 0.25) is 0 Å². The van der Waals surface area contributed by atoms with E-state index in [2.05, 4.69) is 17.6 Å². The Morgan fingerprint density at radius 3 is 1.66 bits per heavy atom. The van der Waals surface area contributed by atoms with Crippen molar-refractivity contribution in [1.82, 2.24) is 10.6 Å². The fraction of sp³-hybridized carbons (Fsp3) is 0.882. The molecular formula is C34H64N2O8. The predicted octanol–water partition coefficient (Wildman–Crippen LogP) is 6.48. The van der Waals surface area contributed by atoms with Crippen LogP contribution in [0.5, 0.6) is 0 Å². The van der Waals surface area contributed by atoms with Crippen LogP contribution < -0.4 is 10.6 Å². The largest absolute Gasteiger partial charge is 0.481 e. The highest BCUT2D eigenvalue weighted by molar-refractivity contribution is 5.85. The van der Waals surface area contributed by atoms with E-state index in [9.17, 15) is 19.2 Å². The van der Waals surface area contributed by atoms with Crippen LogP contribution in [0.3, 0.4) is 0 Å². The van der Waals surface area contributed by atoms with E-state index in [4.69, 9.17) is 19.3 Å². The monoisotopic (exact) mass is 628 g/mol. The van der Waals surface area contributed by atoms with Crippen LogP contribution in [0.25, 0.3) is 0 Å². The van der Waals surface area contributed by atoms with Crippen molar-refractivity contribution in [1.29, 1.82) is 0 Å². The molecule has 0 spiro atoms. The smallest absolute Gasteiger partial charge is 0.329 e. The van der Waals surface area contributed by atoms with Gasteiger partial charge in [0.2, 0.25) is 11.8 Å². The third-order valence-corrected chi connectivity index (χ3v) is 7.10. The number of carbonyl (C=O) groups is 4. The summed E-state index contributed by atoms with van der Waals surface area (Å²) >= 11 is 0. The molecule has 0 fully saturated rings. The fourth-order valence-corrected chi connectivity index (χ4v) is 4.70. The van der Waals surface area contributed by atoms with Crippen LogP contribution in [0.15, 0.2) is 0 Å². The van der Waals surface area contributed by atoms with Gasteiger partial charge < -0.3 is 30.0 Å². The Hall–Kier alpha value is -2.20. The Balaban J connectivity index is 3.63. The average Bonchev–Trinajstić information content (AvgIpc) is 2.95. The summed E-state index contributed by atoms with van der Waals surface area (Å²) in [5.74, 6) is -2.27. The number of hydrogen-bond acceptors (Lipinski definition) is 7. The van der Waals surface area contributed by atoms with Crippen LogP contribution in [0.1, 0.15) is 150 Å². The van der Waals surface area contributed by atoms with Crippen molar-refractivity contribution in [3.8, 4) is 0 Å². The number of esters is 1. The van der Waals surface area contributed by atoms with Gasteiger partial charge in [-0.3, -0.25) is 14.4 Å². The van der Waals surface area contributed by atoms with Gasteiger partial charge in [-0.2, -0.15) is 0 Å². The number of carbonyl (C=O) groups excluding carboxylic acids is 3. The summed E-state index contributed by atoms with van der Waals surface area (Å²) in [6.45, 7) is 8.21. The van der Waals surface area contributed by atoms with Crippen LogP contribution in [-0.2, 0) is 33.4 Å². The lowest BCUT2D eigenvalue weighted by Crippen LogP contribution is -2.45. The zero-order chi connectivity index (χ0) is 32.9. The number of carboxylic acids is 1. The number of amides is 2. The Morgan fingerprint density at radius 1 is 0.659 bits per heavy atom. The van der Waals surface area contributed by atoms with Crippen LogP contribution in [0.4, 0.5) is 0 Å². The summed E-state index contributed by atoms with van der Waals surface area (Å²) in [6.07, 6.45) is 21.1. The second kappa shape index (κ2) is 28.3. The number of nitrogens with one attached hydrogen (secondary N) is 2. The second-order valence-electron chi connectivity index (χ2n) is 12.7. The third kappa shape index (κ3) is 29.9. The molecule has 0 saturated heterocycles. The molecule has 0 bridgehead atoms. The predicted molar refractivity (Wildman–Crippen MR) is 173 cm³/mol. The van der Waals surface area contributed by atoms with Gasteiger partial charge >= 0.3 is 11.9 Å². The van der Waals surface area contributed by atoms with Gasteiger partial charge in [0.25, 0.3) is 0 Å². The summed E-state index contributed by atoms with van der Waals surface area (Å²) in [4.78, 5) is 47.3. The Kier molecular flexibility index (Phi) is 26.9. The van der Waals surface area contributed by atoms with Gasteiger partial charge in [-0.25, -0.2) is 4.79 Å². The molecule has 44 heavy (non-hydrogen) atoms. The second-order valence-corrected chi connectivity index (χ2v) is 12.7. The molecule has 0 heterocycles. The summed E-state index contributed by atoms with van der Waals surface area (Å²) in [5, 5.41) is 14.2. The molecule has 0 aliphatic carbocycles. The highest BCUT2D eigenvalue weighted by atomic mass is 16.6. The van der Waals surface area contributed by atoms with E-state index >= 15 is 0 Å².